The fourth-order valence-corrected chi connectivity index (χ4v) is 1.39. The number of hydrogen-bond donors (Lipinski definition) is 2. The fourth-order valence-electron chi connectivity index (χ4n) is 1.39. The molecule has 0 spiro atoms. The number of halogens is 1. The van der Waals surface area contributed by atoms with E-state index in [1.54, 1.807) is 24.3 Å². The van der Waals surface area contributed by atoms with E-state index in [0.717, 1.165) is 0 Å². The van der Waals surface area contributed by atoms with Crippen molar-refractivity contribution in [3.05, 3.63) is 53.7 Å². The van der Waals surface area contributed by atoms with Crippen molar-refractivity contribution in [1.29, 1.82) is 0 Å². The van der Waals surface area contributed by atoms with Crippen LogP contribution in [0.4, 0.5) is 10.1 Å². The molecule has 1 aromatic heterocycles. The summed E-state index contributed by atoms with van der Waals surface area (Å²) in [5, 5.41) is 11.8. The molecule has 16 heavy (non-hydrogen) atoms. The molecule has 0 amide bonds. The van der Waals surface area contributed by atoms with Crippen molar-refractivity contribution in [2.75, 3.05) is 5.32 Å². The monoisotopic (exact) mass is 221 g/mol. The van der Waals surface area contributed by atoms with Gasteiger partial charge in [0.25, 0.3) is 0 Å². The lowest BCUT2D eigenvalue weighted by molar-refractivity contribution is 0.244. The minimum atomic E-state index is -0.277. The Bertz CT molecular complexity index is 468. The largest absolute Gasteiger partial charge is 0.462 e. The average molecular weight is 221 g/mol. The summed E-state index contributed by atoms with van der Waals surface area (Å²) in [5.41, 5.74) is 0.696. The minimum Gasteiger partial charge on any atom is -0.462 e. The molecule has 1 heterocycles. The van der Waals surface area contributed by atoms with Gasteiger partial charge in [0.05, 0.1) is 6.54 Å². The van der Waals surface area contributed by atoms with E-state index in [1.807, 2.05) is 0 Å². The number of nitrogens with one attached hydrogen (secondary N) is 1. The zero-order chi connectivity index (χ0) is 11.4. The van der Waals surface area contributed by atoms with Gasteiger partial charge in [0, 0.05) is 5.69 Å². The Kier molecular flexibility index (Phi) is 3.22. The molecule has 0 aliphatic heterocycles. The van der Waals surface area contributed by atoms with Crippen LogP contribution < -0.4 is 5.32 Å². The summed E-state index contributed by atoms with van der Waals surface area (Å²) in [6, 6.07) is 9.70. The molecule has 0 unspecified atom stereocenters. The van der Waals surface area contributed by atoms with Crippen LogP contribution >= 0.6 is 0 Å². The van der Waals surface area contributed by atoms with E-state index in [9.17, 15) is 4.39 Å². The first-order chi connectivity index (χ1) is 7.78. The molecule has 0 atom stereocenters. The molecule has 0 bridgehead atoms. The van der Waals surface area contributed by atoms with E-state index < -0.39 is 0 Å². The number of rotatable bonds is 4. The Morgan fingerprint density at radius 2 is 2.00 bits per heavy atom. The van der Waals surface area contributed by atoms with Gasteiger partial charge in [-0.15, -0.1) is 0 Å². The molecule has 0 saturated heterocycles. The van der Waals surface area contributed by atoms with Gasteiger partial charge in [-0.25, -0.2) is 4.39 Å². The number of anilines is 1. The molecule has 0 radical (unpaired) electrons. The first kappa shape index (κ1) is 10.7. The predicted molar refractivity (Wildman–Crippen MR) is 58.4 cm³/mol. The molecular weight excluding hydrogens is 209 g/mol. The second-order valence-corrected chi connectivity index (χ2v) is 3.39. The van der Waals surface area contributed by atoms with Crippen molar-refractivity contribution in [1.82, 2.24) is 0 Å². The number of furan rings is 1. The third-order valence-corrected chi connectivity index (χ3v) is 2.16. The van der Waals surface area contributed by atoms with Crippen molar-refractivity contribution >= 4 is 5.69 Å². The zero-order valence-electron chi connectivity index (χ0n) is 8.61. The van der Waals surface area contributed by atoms with E-state index in [0.29, 0.717) is 23.8 Å². The van der Waals surface area contributed by atoms with E-state index in [4.69, 9.17) is 9.52 Å². The number of benzene rings is 1. The van der Waals surface area contributed by atoms with Gasteiger partial charge in [0.15, 0.2) is 0 Å². The maximum absolute atomic E-state index is 12.9. The van der Waals surface area contributed by atoms with Crippen molar-refractivity contribution in [3.8, 4) is 0 Å². The van der Waals surface area contributed by atoms with E-state index in [1.165, 1.54) is 12.1 Å². The molecule has 2 rings (SSSR count). The summed E-state index contributed by atoms with van der Waals surface area (Å²) in [6.45, 7) is 0.351. The van der Waals surface area contributed by atoms with Gasteiger partial charge in [-0.3, -0.25) is 0 Å². The first-order valence-corrected chi connectivity index (χ1v) is 4.96. The highest BCUT2D eigenvalue weighted by Gasteiger charge is 2.01. The number of aliphatic hydroxyl groups excluding tert-OH is 1. The van der Waals surface area contributed by atoms with Gasteiger partial charge in [0.2, 0.25) is 0 Å². The smallest absolute Gasteiger partial charge is 0.129 e. The highest BCUT2D eigenvalue weighted by atomic mass is 19.1. The molecule has 0 aliphatic rings. The van der Waals surface area contributed by atoms with Crippen molar-refractivity contribution in [2.24, 2.45) is 0 Å². The SMILES string of the molecule is OCc1ccc(CNc2cccc(F)c2)o1. The zero-order valence-corrected chi connectivity index (χ0v) is 8.61. The van der Waals surface area contributed by atoms with Crippen LogP contribution in [-0.4, -0.2) is 5.11 Å². The quantitative estimate of drug-likeness (QED) is 0.833. The molecule has 1 aromatic carbocycles. The molecule has 3 nitrogen and oxygen atoms in total. The summed E-state index contributed by atoms with van der Waals surface area (Å²) in [5.74, 6) is 0.949. The second-order valence-electron chi connectivity index (χ2n) is 3.39. The Hall–Kier alpha value is -1.81. The van der Waals surface area contributed by atoms with Crippen LogP contribution in [0.5, 0.6) is 0 Å². The summed E-state index contributed by atoms with van der Waals surface area (Å²) < 4.78 is 18.1. The summed E-state index contributed by atoms with van der Waals surface area (Å²) in [4.78, 5) is 0. The van der Waals surface area contributed by atoms with Gasteiger partial charge in [-0.1, -0.05) is 6.07 Å². The van der Waals surface area contributed by atoms with Crippen LogP contribution in [0.2, 0.25) is 0 Å². The number of hydrogen-bond acceptors (Lipinski definition) is 3. The van der Waals surface area contributed by atoms with E-state index in [2.05, 4.69) is 5.32 Å². The Morgan fingerprint density at radius 1 is 1.19 bits per heavy atom. The molecule has 2 aromatic rings. The molecule has 0 fully saturated rings. The summed E-state index contributed by atoms with van der Waals surface area (Å²) in [6.07, 6.45) is 0. The molecule has 84 valence electrons. The maximum atomic E-state index is 12.9. The van der Waals surface area contributed by atoms with Crippen LogP contribution in [0.3, 0.4) is 0 Å². The number of aliphatic hydroxyl groups is 1. The topological polar surface area (TPSA) is 45.4 Å². The average Bonchev–Trinajstić information content (AvgIpc) is 2.74. The first-order valence-electron chi connectivity index (χ1n) is 4.96. The van der Waals surface area contributed by atoms with E-state index in [-0.39, 0.29) is 12.4 Å². The maximum Gasteiger partial charge on any atom is 0.129 e. The molecular formula is C12H12FNO2. The standard InChI is InChI=1S/C12H12FNO2/c13-9-2-1-3-10(6-9)14-7-11-4-5-12(8-15)16-11/h1-6,14-15H,7-8H2. The highest BCUT2D eigenvalue weighted by Crippen LogP contribution is 2.13. The van der Waals surface area contributed by atoms with Gasteiger partial charge >= 0.3 is 0 Å². The summed E-state index contributed by atoms with van der Waals surface area (Å²) in [7, 11) is 0. The van der Waals surface area contributed by atoms with Gasteiger partial charge < -0.3 is 14.8 Å². The normalized spacial score (nSPS) is 10.4. The third-order valence-electron chi connectivity index (χ3n) is 2.16. The molecule has 4 heteroatoms. The Balaban J connectivity index is 1.96. The summed E-state index contributed by atoms with van der Waals surface area (Å²) >= 11 is 0. The van der Waals surface area contributed by atoms with Gasteiger partial charge in [0.1, 0.15) is 23.9 Å². The molecule has 2 N–H and O–H groups in total. The van der Waals surface area contributed by atoms with Crippen LogP contribution in [0.1, 0.15) is 11.5 Å². The predicted octanol–water partition coefficient (Wildman–Crippen LogP) is 2.52. The second kappa shape index (κ2) is 4.81. The molecule has 0 aliphatic carbocycles. The lowest BCUT2D eigenvalue weighted by Crippen LogP contribution is -1.98. The highest BCUT2D eigenvalue weighted by molar-refractivity contribution is 5.43. The Labute approximate surface area is 92.5 Å². The Morgan fingerprint density at radius 3 is 2.69 bits per heavy atom. The van der Waals surface area contributed by atoms with E-state index >= 15 is 0 Å². The van der Waals surface area contributed by atoms with Crippen molar-refractivity contribution in [3.63, 3.8) is 0 Å². The molecule has 0 saturated carbocycles. The van der Waals surface area contributed by atoms with Crippen LogP contribution in [0.15, 0.2) is 40.8 Å². The third kappa shape index (κ3) is 2.61. The van der Waals surface area contributed by atoms with Crippen LogP contribution in [-0.2, 0) is 13.2 Å². The van der Waals surface area contributed by atoms with Crippen LogP contribution in [0, 0.1) is 5.82 Å². The van der Waals surface area contributed by atoms with Gasteiger partial charge in [-0.2, -0.15) is 0 Å². The van der Waals surface area contributed by atoms with Crippen molar-refractivity contribution < 1.29 is 13.9 Å². The minimum absolute atomic E-state index is 0.111. The lowest BCUT2D eigenvalue weighted by atomic mass is 10.3. The fraction of sp³-hybridized carbons (Fsp3) is 0.167. The van der Waals surface area contributed by atoms with Gasteiger partial charge in [-0.05, 0) is 30.3 Å². The van der Waals surface area contributed by atoms with Crippen LogP contribution in [0.25, 0.3) is 0 Å². The van der Waals surface area contributed by atoms with Crippen molar-refractivity contribution in [2.45, 2.75) is 13.2 Å². The lowest BCUT2D eigenvalue weighted by Gasteiger charge is -2.03.